The first-order chi connectivity index (χ1) is 14.3. The summed E-state index contributed by atoms with van der Waals surface area (Å²) in [5.74, 6) is -0.773. The van der Waals surface area contributed by atoms with E-state index < -0.39 is 11.7 Å². The predicted octanol–water partition coefficient (Wildman–Crippen LogP) is 5.82. The molecule has 0 bridgehead atoms. The van der Waals surface area contributed by atoms with Gasteiger partial charge in [-0.15, -0.1) is 0 Å². The number of anilines is 2. The number of ether oxygens (including phenoxy) is 1. The van der Waals surface area contributed by atoms with Crippen LogP contribution in [0.5, 0.6) is 5.75 Å². The number of rotatable bonds is 6. The summed E-state index contributed by atoms with van der Waals surface area (Å²) in [5.41, 5.74) is 2.12. The standard InChI is InChI=1S/C22H17BrClFN2O3/c1-13-9-17(6-7-18(13)23)30-12-21(28)26-15-4-2-3-14(10-15)22(29)27-16-5-8-20(25)19(24)11-16/h2-11H,12H2,1H3,(H,26,28)(H,27,29). The summed E-state index contributed by atoms with van der Waals surface area (Å²) >= 11 is 9.14. The van der Waals surface area contributed by atoms with Gasteiger partial charge in [0, 0.05) is 21.4 Å². The molecule has 8 heteroatoms. The number of amides is 2. The van der Waals surface area contributed by atoms with Gasteiger partial charge >= 0.3 is 0 Å². The van der Waals surface area contributed by atoms with Crippen LogP contribution in [0, 0.1) is 12.7 Å². The van der Waals surface area contributed by atoms with E-state index in [-0.39, 0.29) is 17.5 Å². The summed E-state index contributed by atoms with van der Waals surface area (Å²) in [6.07, 6.45) is 0. The highest BCUT2D eigenvalue weighted by molar-refractivity contribution is 9.10. The van der Waals surface area contributed by atoms with E-state index in [0.29, 0.717) is 22.7 Å². The number of halogens is 3. The van der Waals surface area contributed by atoms with Crippen molar-refractivity contribution >= 4 is 50.7 Å². The Balaban J connectivity index is 1.60. The summed E-state index contributed by atoms with van der Waals surface area (Å²) in [7, 11) is 0. The highest BCUT2D eigenvalue weighted by atomic mass is 79.9. The van der Waals surface area contributed by atoms with Crippen LogP contribution in [-0.2, 0) is 4.79 Å². The van der Waals surface area contributed by atoms with Crippen molar-refractivity contribution in [3.8, 4) is 5.75 Å². The van der Waals surface area contributed by atoms with Gasteiger partial charge in [-0.05, 0) is 67.1 Å². The zero-order valence-electron chi connectivity index (χ0n) is 15.8. The normalized spacial score (nSPS) is 10.4. The van der Waals surface area contributed by atoms with Gasteiger partial charge in [0.1, 0.15) is 11.6 Å². The van der Waals surface area contributed by atoms with Crippen molar-refractivity contribution in [2.45, 2.75) is 6.92 Å². The van der Waals surface area contributed by atoms with Gasteiger partial charge in [-0.1, -0.05) is 33.6 Å². The molecule has 154 valence electrons. The van der Waals surface area contributed by atoms with Gasteiger partial charge in [0.15, 0.2) is 6.61 Å². The van der Waals surface area contributed by atoms with E-state index in [1.165, 1.54) is 24.3 Å². The molecule has 0 saturated carbocycles. The molecule has 0 heterocycles. The fourth-order valence-electron chi connectivity index (χ4n) is 2.57. The zero-order valence-corrected chi connectivity index (χ0v) is 18.2. The van der Waals surface area contributed by atoms with E-state index in [2.05, 4.69) is 26.6 Å². The van der Waals surface area contributed by atoms with Crippen LogP contribution in [0.1, 0.15) is 15.9 Å². The van der Waals surface area contributed by atoms with Crippen LogP contribution >= 0.6 is 27.5 Å². The Kier molecular flexibility index (Phi) is 7.07. The Morgan fingerprint density at radius 2 is 1.80 bits per heavy atom. The van der Waals surface area contributed by atoms with Gasteiger partial charge < -0.3 is 15.4 Å². The lowest BCUT2D eigenvalue weighted by Crippen LogP contribution is -2.20. The summed E-state index contributed by atoms with van der Waals surface area (Å²) < 4.78 is 19.7. The SMILES string of the molecule is Cc1cc(OCC(=O)Nc2cccc(C(=O)Nc3ccc(F)c(Cl)c3)c2)ccc1Br. The molecular formula is C22H17BrClFN2O3. The summed E-state index contributed by atoms with van der Waals surface area (Å²) in [6, 6.07) is 15.8. The summed E-state index contributed by atoms with van der Waals surface area (Å²) in [4.78, 5) is 24.6. The molecule has 0 radical (unpaired) electrons. The van der Waals surface area contributed by atoms with Crippen LogP contribution in [0.2, 0.25) is 5.02 Å². The molecule has 3 aromatic rings. The number of aryl methyl sites for hydroxylation is 1. The largest absolute Gasteiger partial charge is 0.484 e. The number of benzene rings is 3. The molecule has 0 aromatic heterocycles. The third-order valence-corrected chi connectivity index (χ3v) is 5.26. The third kappa shape index (κ3) is 5.81. The fraction of sp³-hybridized carbons (Fsp3) is 0.0909. The van der Waals surface area contributed by atoms with Gasteiger partial charge in [0.2, 0.25) is 0 Å². The van der Waals surface area contributed by atoms with Crippen molar-refractivity contribution in [2.24, 2.45) is 0 Å². The Morgan fingerprint density at radius 1 is 1.03 bits per heavy atom. The highest BCUT2D eigenvalue weighted by Gasteiger charge is 2.10. The maximum absolute atomic E-state index is 13.2. The van der Waals surface area contributed by atoms with Crippen molar-refractivity contribution < 1.29 is 18.7 Å². The van der Waals surface area contributed by atoms with Crippen molar-refractivity contribution in [3.05, 3.63) is 87.1 Å². The Labute approximate surface area is 186 Å². The van der Waals surface area contributed by atoms with Crippen molar-refractivity contribution in [1.29, 1.82) is 0 Å². The van der Waals surface area contributed by atoms with Crippen LogP contribution in [0.15, 0.2) is 65.1 Å². The topological polar surface area (TPSA) is 67.4 Å². The van der Waals surface area contributed by atoms with Crippen LogP contribution in [-0.4, -0.2) is 18.4 Å². The van der Waals surface area contributed by atoms with Crippen LogP contribution < -0.4 is 15.4 Å². The van der Waals surface area contributed by atoms with Crippen LogP contribution in [0.3, 0.4) is 0 Å². The average molecular weight is 492 g/mol. The quantitative estimate of drug-likeness (QED) is 0.457. The fourth-order valence-corrected chi connectivity index (χ4v) is 3.00. The Hall–Kier alpha value is -2.90. The van der Waals surface area contributed by atoms with E-state index in [1.807, 2.05) is 19.1 Å². The van der Waals surface area contributed by atoms with E-state index >= 15 is 0 Å². The van der Waals surface area contributed by atoms with E-state index in [0.717, 1.165) is 10.0 Å². The molecule has 3 rings (SSSR count). The van der Waals surface area contributed by atoms with Gasteiger partial charge in [0.25, 0.3) is 11.8 Å². The minimum atomic E-state index is -0.570. The molecule has 0 aliphatic carbocycles. The van der Waals surface area contributed by atoms with Gasteiger partial charge in [-0.25, -0.2) is 4.39 Å². The number of hydrogen-bond donors (Lipinski definition) is 2. The molecule has 30 heavy (non-hydrogen) atoms. The summed E-state index contributed by atoms with van der Waals surface area (Å²) in [5, 5.41) is 5.23. The summed E-state index contributed by atoms with van der Waals surface area (Å²) in [6.45, 7) is 1.75. The molecule has 0 aliphatic heterocycles. The minimum Gasteiger partial charge on any atom is -0.484 e. The van der Waals surface area contributed by atoms with E-state index in [1.54, 1.807) is 24.3 Å². The molecule has 2 N–H and O–H groups in total. The number of nitrogens with one attached hydrogen (secondary N) is 2. The highest BCUT2D eigenvalue weighted by Crippen LogP contribution is 2.22. The van der Waals surface area contributed by atoms with Crippen molar-refractivity contribution in [1.82, 2.24) is 0 Å². The second-order valence-electron chi connectivity index (χ2n) is 6.41. The number of carbonyl (C=O) groups excluding carboxylic acids is 2. The molecule has 0 unspecified atom stereocenters. The van der Waals surface area contributed by atoms with Gasteiger partial charge in [-0.3, -0.25) is 9.59 Å². The number of carbonyl (C=O) groups is 2. The molecule has 3 aromatic carbocycles. The molecule has 0 fully saturated rings. The molecule has 0 saturated heterocycles. The Bertz CT molecular complexity index is 1110. The van der Waals surface area contributed by atoms with Crippen LogP contribution in [0.25, 0.3) is 0 Å². The minimum absolute atomic E-state index is 0.0882. The Morgan fingerprint density at radius 3 is 2.53 bits per heavy atom. The first-order valence-electron chi connectivity index (χ1n) is 8.87. The molecule has 0 atom stereocenters. The number of hydrogen-bond acceptors (Lipinski definition) is 3. The molecule has 0 spiro atoms. The zero-order chi connectivity index (χ0) is 21.7. The molecule has 2 amide bonds. The predicted molar refractivity (Wildman–Crippen MR) is 119 cm³/mol. The first kappa shape index (κ1) is 21.8. The van der Waals surface area contributed by atoms with Gasteiger partial charge in [-0.2, -0.15) is 0 Å². The first-order valence-corrected chi connectivity index (χ1v) is 10.0. The maximum Gasteiger partial charge on any atom is 0.262 e. The third-order valence-electron chi connectivity index (χ3n) is 4.09. The van der Waals surface area contributed by atoms with Crippen molar-refractivity contribution in [3.63, 3.8) is 0 Å². The molecule has 0 aliphatic rings. The lowest BCUT2D eigenvalue weighted by Gasteiger charge is -2.10. The van der Waals surface area contributed by atoms with E-state index in [9.17, 15) is 14.0 Å². The van der Waals surface area contributed by atoms with Crippen molar-refractivity contribution in [2.75, 3.05) is 17.2 Å². The van der Waals surface area contributed by atoms with Gasteiger partial charge in [0.05, 0.1) is 5.02 Å². The second-order valence-corrected chi connectivity index (χ2v) is 7.67. The smallest absolute Gasteiger partial charge is 0.262 e. The second kappa shape index (κ2) is 9.73. The monoisotopic (exact) mass is 490 g/mol. The lowest BCUT2D eigenvalue weighted by molar-refractivity contribution is -0.118. The lowest BCUT2D eigenvalue weighted by atomic mass is 10.2. The van der Waals surface area contributed by atoms with Crippen LogP contribution in [0.4, 0.5) is 15.8 Å². The van der Waals surface area contributed by atoms with E-state index in [4.69, 9.17) is 16.3 Å². The maximum atomic E-state index is 13.2. The molecule has 5 nitrogen and oxygen atoms in total. The molecular weight excluding hydrogens is 475 g/mol. The average Bonchev–Trinajstić information content (AvgIpc) is 2.72.